The predicted octanol–water partition coefficient (Wildman–Crippen LogP) is 2.25. The molecule has 1 aliphatic heterocycles. The van der Waals surface area contributed by atoms with Gasteiger partial charge in [0.2, 0.25) is 0 Å². The number of nitriles is 1. The number of benzene rings is 1. The van der Waals surface area contributed by atoms with Crippen LogP contribution in [0.3, 0.4) is 0 Å². The van der Waals surface area contributed by atoms with Crippen LogP contribution in [0.2, 0.25) is 0 Å². The van der Waals surface area contributed by atoms with E-state index in [1.807, 2.05) is 30.3 Å². The topological polar surface area (TPSA) is 44.1 Å². The van der Waals surface area contributed by atoms with E-state index < -0.39 is 6.04 Å². The molecule has 0 aromatic heterocycles. The molecule has 0 radical (unpaired) electrons. The molecule has 1 amide bonds. The summed E-state index contributed by atoms with van der Waals surface area (Å²) in [6, 6.07) is 9.11. The molecule has 0 fully saturated rings. The van der Waals surface area contributed by atoms with Crippen molar-refractivity contribution in [3.05, 3.63) is 54.2 Å². The first kappa shape index (κ1) is 10.2. The number of hydrogen-bond donors (Lipinski definition) is 0. The zero-order valence-corrected chi connectivity index (χ0v) is 8.63. The number of fused-ring (bicyclic) bond motifs is 1. The Bertz CT molecular complexity index is 511. The fourth-order valence-electron chi connectivity index (χ4n) is 1.75. The van der Waals surface area contributed by atoms with Crippen molar-refractivity contribution >= 4 is 12.0 Å². The van der Waals surface area contributed by atoms with Gasteiger partial charge in [0, 0.05) is 6.20 Å². The third-order valence-electron chi connectivity index (χ3n) is 2.53. The highest BCUT2D eigenvalue weighted by Gasteiger charge is 2.25. The summed E-state index contributed by atoms with van der Waals surface area (Å²) < 4.78 is 0. The van der Waals surface area contributed by atoms with Crippen LogP contribution in [0.25, 0.3) is 6.08 Å². The van der Waals surface area contributed by atoms with Crippen molar-refractivity contribution in [3.8, 4) is 6.07 Å². The molecule has 16 heavy (non-hydrogen) atoms. The van der Waals surface area contributed by atoms with Crippen molar-refractivity contribution in [1.82, 2.24) is 4.90 Å². The average molecular weight is 210 g/mol. The van der Waals surface area contributed by atoms with Crippen LogP contribution >= 0.6 is 0 Å². The number of carbonyl (C=O) groups excluding carboxylic acids is 1. The van der Waals surface area contributed by atoms with E-state index in [9.17, 15) is 4.79 Å². The fourth-order valence-corrected chi connectivity index (χ4v) is 1.75. The standard InChI is InChI=1S/C13H10N2O/c1-2-13(16)15-8-7-10-5-3-4-6-11(10)12(15)9-14/h2-8,12H,1H2/t12-/m0/s1. The second-order valence-corrected chi connectivity index (χ2v) is 3.43. The first-order valence-electron chi connectivity index (χ1n) is 4.89. The molecule has 0 saturated carbocycles. The Morgan fingerprint density at radius 1 is 1.50 bits per heavy atom. The Morgan fingerprint density at radius 2 is 2.25 bits per heavy atom. The number of hydrogen-bond acceptors (Lipinski definition) is 2. The summed E-state index contributed by atoms with van der Waals surface area (Å²) in [4.78, 5) is 12.9. The monoisotopic (exact) mass is 210 g/mol. The minimum atomic E-state index is -0.563. The Kier molecular flexibility index (Phi) is 2.57. The lowest BCUT2D eigenvalue weighted by Crippen LogP contribution is -2.30. The van der Waals surface area contributed by atoms with Gasteiger partial charge in [0.1, 0.15) is 6.04 Å². The molecule has 0 N–H and O–H groups in total. The quantitative estimate of drug-likeness (QED) is 0.667. The molecule has 1 aliphatic rings. The van der Waals surface area contributed by atoms with Crippen LogP contribution in [-0.4, -0.2) is 10.8 Å². The molecule has 0 saturated heterocycles. The Balaban J connectivity index is 2.49. The fraction of sp³-hybridized carbons (Fsp3) is 0.0769. The van der Waals surface area contributed by atoms with E-state index in [0.717, 1.165) is 11.1 Å². The van der Waals surface area contributed by atoms with E-state index in [0.29, 0.717) is 0 Å². The molecule has 2 rings (SSSR count). The van der Waals surface area contributed by atoms with Gasteiger partial charge in [-0.25, -0.2) is 0 Å². The van der Waals surface area contributed by atoms with Crippen molar-refractivity contribution < 1.29 is 4.79 Å². The largest absolute Gasteiger partial charge is 0.295 e. The highest BCUT2D eigenvalue weighted by atomic mass is 16.2. The van der Waals surface area contributed by atoms with Gasteiger partial charge in [0.25, 0.3) is 5.91 Å². The molecule has 1 atom stereocenters. The van der Waals surface area contributed by atoms with E-state index >= 15 is 0 Å². The number of amides is 1. The molecule has 1 heterocycles. The van der Waals surface area contributed by atoms with Crippen LogP contribution in [0, 0.1) is 11.3 Å². The van der Waals surface area contributed by atoms with Crippen molar-refractivity contribution in [3.63, 3.8) is 0 Å². The maximum absolute atomic E-state index is 11.6. The Labute approximate surface area is 93.9 Å². The molecule has 78 valence electrons. The summed E-state index contributed by atoms with van der Waals surface area (Å²) in [6.45, 7) is 3.43. The van der Waals surface area contributed by atoms with E-state index in [2.05, 4.69) is 12.6 Å². The van der Waals surface area contributed by atoms with Crippen LogP contribution in [0.15, 0.2) is 43.1 Å². The van der Waals surface area contributed by atoms with E-state index in [4.69, 9.17) is 5.26 Å². The van der Waals surface area contributed by atoms with Crippen LogP contribution < -0.4 is 0 Å². The predicted molar refractivity (Wildman–Crippen MR) is 60.9 cm³/mol. The molecule has 0 aliphatic carbocycles. The van der Waals surface area contributed by atoms with Crippen molar-refractivity contribution in [2.24, 2.45) is 0 Å². The lowest BCUT2D eigenvalue weighted by molar-refractivity contribution is -0.124. The second-order valence-electron chi connectivity index (χ2n) is 3.43. The van der Waals surface area contributed by atoms with Crippen LogP contribution in [0.1, 0.15) is 17.2 Å². The van der Waals surface area contributed by atoms with Gasteiger partial charge in [0.05, 0.1) is 6.07 Å². The lowest BCUT2D eigenvalue weighted by atomic mass is 9.97. The van der Waals surface area contributed by atoms with Crippen LogP contribution in [0.4, 0.5) is 0 Å². The molecule has 3 heteroatoms. The zero-order chi connectivity index (χ0) is 11.5. The van der Waals surface area contributed by atoms with Crippen LogP contribution in [-0.2, 0) is 4.79 Å². The summed E-state index contributed by atoms with van der Waals surface area (Å²) in [6.07, 6.45) is 4.66. The summed E-state index contributed by atoms with van der Waals surface area (Å²) in [7, 11) is 0. The number of rotatable bonds is 1. The maximum atomic E-state index is 11.6. The summed E-state index contributed by atoms with van der Waals surface area (Å²) in [5.41, 5.74) is 1.82. The molecule has 0 spiro atoms. The summed E-state index contributed by atoms with van der Waals surface area (Å²) >= 11 is 0. The Morgan fingerprint density at radius 3 is 2.94 bits per heavy atom. The van der Waals surface area contributed by atoms with Gasteiger partial charge < -0.3 is 0 Å². The summed E-state index contributed by atoms with van der Waals surface area (Å²) in [5.74, 6) is -0.266. The van der Waals surface area contributed by atoms with Crippen molar-refractivity contribution in [2.45, 2.75) is 6.04 Å². The molecule has 3 nitrogen and oxygen atoms in total. The van der Waals surface area contributed by atoms with Gasteiger partial charge in [0.15, 0.2) is 0 Å². The normalized spacial score (nSPS) is 17.4. The van der Waals surface area contributed by atoms with Crippen LogP contribution in [0.5, 0.6) is 0 Å². The summed E-state index contributed by atoms with van der Waals surface area (Å²) in [5, 5.41) is 9.14. The first-order valence-corrected chi connectivity index (χ1v) is 4.89. The van der Waals surface area contributed by atoms with E-state index in [-0.39, 0.29) is 5.91 Å². The third-order valence-corrected chi connectivity index (χ3v) is 2.53. The number of carbonyl (C=O) groups is 1. The minimum absolute atomic E-state index is 0.266. The van der Waals surface area contributed by atoms with Gasteiger partial charge in [-0.05, 0) is 23.3 Å². The van der Waals surface area contributed by atoms with Crippen molar-refractivity contribution in [2.75, 3.05) is 0 Å². The van der Waals surface area contributed by atoms with Gasteiger partial charge >= 0.3 is 0 Å². The van der Waals surface area contributed by atoms with Crippen molar-refractivity contribution in [1.29, 1.82) is 5.26 Å². The lowest BCUT2D eigenvalue weighted by Gasteiger charge is -2.27. The average Bonchev–Trinajstić information content (AvgIpc) is 2.36. The Hall–Kier alpha value is -2.34. The van der Waals surface area contributed by atoms with E-state index in [1.165, 1.54) is 11.0 Å². The van der Waals surface area contributed by atoms with Gasteiger partial charge in [-0.15, -0.1) is 0 Å². The van der Waals surface area contributed by atoms with Gasteiger partial charge in [-0.3, -0.25) is 9.69 Å². The third kappa shape index (κ3) is 1.51. The first-order chi connectivity index (χ1) is 7.77. The highest BCUT2D eigenvalue weighted by molar-refractivity contribution is 5.89. The van der Waals surface area contributed by atoms with Gasteiger partial charge in [-0.1, -0.05) is 30.8 Å². The van der Waals surface area contributed by atoms with Gasteiger partial charge in [-0.2, -0.15) is 5.26 Å². The maximum Gasteiger partial charge on any atom is 0.251 e. The molecular weight excluding hydrogens is 200 g/mol. The second kappa shape index (κ2) is 4.03. The molecule has 0 bridgehead atoms. The molecule has 1 aromatic rings. The minimum Gasteiger partial charge on any atom is -0.295 e. The highest BCUT2D eigenvalue weighted by Crippen LogP contribution is 2.29. The SMILES string of the molecule is C=CC(=O)N1C=Cc2ccccc2[C@@H]1C#N. The smallest absolute Gasteiger partial charge is 0.251 e. The molecular formula is C13H10N2O. The molecule has 0 unspecified atom stereocenters. The number of nitrogens with zero attached hydrogens (tertiary/aromatic N) is 2. The van der Waals surface area contributed by atoms with E-state index in [1.54, 1.807) is 6.20 Å². The molecule has 1 aromatic carbocycles. The zero-order valence-electron chi connectivity index (χ0n) is 8.63.